The monoisotopic (exact) mass is 339 g/mol. The molecule has 1 N–H and O–H groups in total. The van der Waals surface area contributed by atoms with Crippen LogP contribution in [0.1, 0.15) is 16.7 Å². The fourth-order valence-corrected chi connectivity index (χ4v) is 3.14. The molecule has 2 aromatic rings. The summed E-state index contributed by atoms with van der Waals surface area (Å²) in [6, 6.07) is 14.6. The van der Waals surface area contributed by atoms with Crippen molar-refractivity contribution in [3.63, 3.8) is 0 Å². The fraction of sp³-hybridized carbons (Fsp3) is 0.286. The molecule has 1 amide bonds. The van der Waals surface area contributed by atoms with Crippen LogP contribution in [0.3, 0.4) is 0 Å². The fourth-order valence-electron chi connectivity index (χ4n) is 3.14. The van der Waals surface area contributed by atoms with Crippen molar-refractivity contribution in [2.24, 2.45) is 0 Å². The van der Waals surface area contributed by atoms with E-state index in [1.54, 1.807) is 24.3 Å². The van der Waals surface area contributed by atoms with Crippen molar-refractivity contribution >= 4 is 12.0 Å². The van der Waals surface area contributed by atoms with Crippen molar-refractivity contribution < 1.29 is 14.1 Å². The Morgan fingerprint density at radius 3 is 2.48 bits per heavy atom. The average molecular weight is 339 g/mol. The molecule has 1 saturated heterocycles. The van der Waals surface area contributed by atoms with Gasteiger partial charge in [-0.3, -0.25) is 4.79 Å². The number of nitrogens with one attached hydrogen (secondary N) is 1. The summed E-state index contributed by atoms with van der Waals surface area (Å²) < 4.78 is 12.9. The molecule has 130 valence electrons. The quantitative estimate of drug-likeness (QED) is 0.848. The molecule has 0 aromatic heterocycles. The van der Waals surface area contributed by atoms with Gasteiger partial charge in [-0.15, -0.1) is 0 Å². The van der Waals surface area contributed by atoms with Crippen molar-refractivity contribution in [3.8, 4) is 0 Å². The minimum Gasteiger partial charge on any atom is -0.328 e. The first kappa shape index (κ1) is 17.4. The standard InChI is InChI=1S/C21H23FN2O/c1-17-4-2-3-5-19(17)16-23-12-14-24(15-13-23)21(25)11-8-18-6-9-20(22)10-7-18/h2-11H,12-16H2,1H3/p+1/b11-8+. The first-order valence-corrected chi connectivity index (χ1v) is 8.72. The molecule has 0 aliphatic carbocycles. The SMILES string of the molecule is Cc1ccccc1C[NH+]1CCN(C(=O)/C=C/c2ccc(F)cc2)CC1. The third-order valence-electron chi connectivity index (χ3n) is 4.77. The second-order valence-corrected chi connectivity index (χ2v) is 6.56. The maximum absolute atomic E-state index is 12.9. The van der Waals surface area contributed by atoms with Crippen molar-refractivity contribution in [3.05, 3.63) is 77.1 Å². The number of halogens is 1. The highest BCUT2D eigenvalue weighted by molar-refractivity contribution is 5.91. The van der Waals surface area contributed by atoms with E-state index in [-0.39, 0.29) is 11.7 Å². The number of nitrogens with zero attached hydrogens (tertiary/aromatic N) is 1. The predicted octanol–water partition coefficient (Wildman–Crippen LogP) is 2.07. The van der Waals surface area contributed by atoms with Crippen LogP contribution in [0.2, 0.25) is 0 Å². The summed E-state index contributed by atoms with van der Waals surface area (Å²) in [5.41, 5.74) is 3.54. The van der Waals surface area contributed by atoms with Gasteiger partial charge in [-0.2, -0.15) is 0 Å². The summed E-state index contributed by atoms with van der Waals surface area (Å²) in [4.78, 5) is 15.7. The van der Waals surface area contributed by atoms with E-state index in [1.165, 1.54) is 28.2 Å². The largest absolute Gasteiger partial charge is 0.328 e. The normalized spacial score (nSPS) is 15.7. The smallest absolute Gasteiger partial charge is 0.246 e. The van der Waals surface area contributed by atoms with Crippen LogP contribution in [-0.2, 0) is 11.3 Å². The van der Waals surface area contributed by atoms with E-state index >= 15 is 0 Å². The molecule has 0 unspecified atom stereocenters. The maximum Gasteiger partial charge on any atom is 0.246 e. The number of benzene rings is 2. The van der Waals surface area contributed by atoms with E-state index in [1.807, 2.05) is 4.90 Å². The Balaban J connectivity index is 1.50. The number of aryl methyl sites for hydroxylation is 1. The van der Waals surface area contributed by atoms with E-state index in [9.17, 15) is 9.18 Å². The Morgan fingerprint density at radius 1 is 1.12 bits per heavy atom. The van der Waals surface area contributed by atoms with Gasteiger partial charge in [0.15, 0.2) is 0 Å². The van der Waals surface area contributed by atoms with Crippen LogP contribution in [-0.4, -0.2) is 37.0 Å². The molecule has 2 aromatic carbocycles. The molecule has 0 radical (unpaired) electrons. The Bertz CT molecular complexity index is 747. The summed E-state index contributed by atoms with van der Waals surface area (Å²) in [7, 11) is 0. The Hall–Kier alpha value is -2.46. The van der Waals surface area contributed by atoms with Crippen LogP contribution in [0, 0.1) is 12.7 Å². The molecule has 1 heterocycles. The first-order chi connectivity index (χ1) is 12.1. The van der Waals surface area contributed by atoms with Crippen molar-refractivity contribution in [1.82, 2.24) is 4.90 Å². The summed E-state index contributed by atoms with van der Waals surface area (Å²) >= 11 is 0. The third kappa shape index (κ3) is 4.77. The molecule has 0 atom stereocenters. The van der Waals surface area contributed by atoms with Gasteiger partial charge in [0.2, 0.25) is 5.91 Å². The second-order valence-electron chi connectivity index (χ2n) is 6.56. The van der Waals surface area contributed by atoms with E-state index in [0.29, 0.717) is 0 Å². The number of hydrogen-bond acceptors (Lipinski definition) is 1. The van der Waals surface area contributed by atoms with Gasteiger partial charge in [0.25, 0.3) is 0 Å². The molecule has 0 saturated carbocycles. The number of amides is 1. The highest BCUT2D eigenvalue weighted by atomic mass is 19.1. The lowest BCUT2D eigenvalue weighted by atomic mass is 10.1. The highest BCUT2D eigenvalue weighted by Crippen LogP contribution is 2.07. The number of quaternary nitrogens is 1. The van der Waals surface area contributed by atoms with Crippen LogP contribution in [0.15, 0.2) is 54.6 Å². The van der Waals surface area contributed by atoms with Gasteiger partial charge in [0.05, 0.1) is 26.2 Å². The van der Waals surface area contributed by atoms with E-state index in [2.05, 4.69) is 31.2 Å². The summed E-state index contributed by atoms with van der Waals surface area (Å²) in [6.45, 7) is 6.63. The second kappa shape index (κ2) is 8.08. The van der Waals surface area contributed by atoms with Crippen LogP contribution >= 0.6 is 0 Å². The Morgan fingerprint density at radius 2 is 1.80 bits per heavy atom. The summed E-state index contributed by atoms with van der Waals surface area (Å²) in [5, 5.41) is 0. The van der Waals surface area contributed by atoms with E-state index in [4.69, 9.17) is 0 Å². The zero-order valence-electron chi connectivity index (χ0n) is 14.5. The molecule has 0 bridgehead atoms. The molecular weight excluding hydrogens is 315 g/mol. The molecule has 1 fully saturated rings. The average Bonchev–Trinajstić information content (AvgIpc) is 2.63. The predicted molar refractivity (Wildman–Crippen MR) is 97.6 cm³/mol. The van der Waals surface area contributed by atoms with Crippen LogP contribution in [0.5, 0.6) is 0 Å². The van der Waals surface area contributed by atoms with Gasteiger partial charge in [-0.25, -0.2) is 4.39 Å². The van der Waals surface area contributed by atoms with Crippen LogP contribution in [0.4, 0.5) is 4.39 Å². The highest BCUT2D eigenvalue weighted by Gasteiger charge is 2.22. The van der Waals surface area contributed by atoms with Gasteiger partial charge in [0, 0.05) is 11.6 Å². The summed E-state index contributed by atoms with van der Waals surface area (Å²) in [5.74, 6) is -0.240. The van der Waals surface area contributed by atoms with Crippen molar-refractivity contribution in [2.45, 2.75) is 13.5 Å². The number of carbonyl (C=O) groups excluding carboxylic acids is 1. The van der Waals surface area contributed by atoms with Gasteiger partial charge < -0.3 is 9.80 Å². The van der Waals surface area contributed by atoms with Crippen LogP contribution in [0.25, 0.3) is 6.08 Å². The number of rotatable bonds is 4. The van der Waals surface area contributed by atoms with Gasteiger partial charge >= 0.3 is 0 Å². The Labute approximate surface area is 148 Å². The van der Waals surface area contributed by atoms with Gasteiger partial charge in [-0.1, -0.05) is 36.4 Å². The minimum atomic E-state index is -0.267. The van der Waals surface area contributed by atoms with Gasteiger partial charge in [-0.05, 0) is 36.3 Å². The topological polar surface area (TPSA) is 24.8 Å². The molecular formula is C21H24FN2O+. The number of hydrogen-bond donors (Lipinski definition) is 1. The lowest BCUT2D eigenvalue weighted by Crippen LogP contribution is -3.13. The molecule has 3 rings (SSSR count). The molecule has 1 aliphatic heterocycles. The zero-order valence-corrected chi connectivity index (χ0v) is 14.5. The zero-order chi connectivity index (χ0) is 17.6. The number of piperazine rings is 1. The van der Waals surface area contributed by atoms with Crippen molar-refractivity contribution in [1.29, 1.82) is 0 Å². The Kier molecular flexibility index (Phi) is 5.61. The molecule has 4 heteroatoms. The van der Waals surface area contributed by atoms with Crippen molar-refractivity contribution in [2.75, 3.05) is 26.2 Å². The molecule has 3 nitrogen and oxygen atoms in total. The molecule has 1 aliphatic rings. The lowest BCUT2D eigenvalue weighted by Gasteiger charge is -2.32. The first-order valence-electron chi connectivity index (χ1n) is 8.72. The molecule has 25 heavy (non-hydrogen) atoms. The minimum absolute atomic E-state index is 0.0271. The molecule has 0 spiro atoms. The van der Waals surface area contributed by atoms with E-state index in [0.717, 1.165) is 38.3 Å². The lowest BCUT2D eigenvalue weighted by molar-refractivity contribution is -0.917. The third-order valence-corrected chi connectivity index (χ3v) is 4.77. The maximum atomic E-state index is 12.9. The van der Waals surface area contributed by atoms with Crippen LogP contribution < -0.4 is 4.90 Å². The number of carbonyl (C=O) groups is 1. The summed E-state index contributed by atoms with van der Waals surface area (Å²) in [6.07, 6.45) is 3.33. The van der Waals surface area contributed by atoms with E-state index < -0.39 is 0 Å². The van der Waals surface area contributed by atoms with Gasteiger partial charge in [0.1, 0.15) is 12.4 Å².